The lowest BCUT2D eigenvalue weighted by Crippen LogP contribution is -2.37. The van der Waals surface area contributed by atoms with E-state index in [9.17, 15) is 20.1 Å². The monoisotopic (exact) mass is 445 g/mol. The molecular weight excluding hydrogens is 422 g/mol. The van der Waals surface area contributed by atoms with Gasteiger partial charge in [0.15, 0.2) is 17.7 Å². The van der Waals surface area contributed by atoms with Gasteiger partial charge in [-0.1, -0.05) is 30.3 Å². The minimum absolute atomic E-state index is 0.0763. The van der Waals surface area contributed by atoms with Crippen LogP contribution in [-0.4, -0.2) is 65.5 Å². The number of carbonyl (C=O) groups excluding carboxylic acids is 1. The molecule has 10 nitrogen and oxygen atoms in total. The highest BCUT2D eigenvalue weighted by Gasteiger charge is 2.47. The van der Waals surface area contributed by atoms with E-state index in [1.54, 1.807) is 0 Å². The Kier molecular flexibility index (Phi) is 6.37. The van der Waals surface area contributed by atoms with E-state index in [1.807, 2.05) is 30.3 Å². The summed E-state index contributed by atoms with van der Waals surface area (Å²) in [4.78, 5) is 23.3. The largest absolute Gasteiger partial charge is 0.550 e. The van der Waals surface area contributed by atoms with E-state index >= 15 is 0 Å². The fourth-order valence-corrected chi connectivity index (χ4v) is 5.93. The van der Waals surface area contributed by atoms with Gasteiger partial charge >= 0.3 is 0 Å². The van der Waals surface area contributed by atoms with Crippen molar-refractivity contribution in [3.8, 4) is 0 Å². The summed E-state index contributed by atoms with van der Waals surface area (Å²) >= 11 is 0. The number of nitrogen functional groups attached to an aromatic ring is 1. The number of ether oxygens (including phenoxy) is 1. The van der Waals surface area contributed by atoms with E-state index in [4.69, 9.17) is 10.5 Å². The van der Waals surface area contributed by atoms with Gasteiger partial charge < -0.3 is 30.6 Å². The normalized spacial score (nSPS) is 24.5. The zero-order valence-corrected chi connectivity index (χ0v) is 17.4. The summed E-state index contributed by atoms with van der Waals surface area (Å²) in [5, 5.41) is 32.3. The van der Waals surface area contributed by atoms with Crippen LogP contribution in [0.3, 0.4) is 0 Å². The van der Waals surface area contributed by atoms with Crippen LogP contribution in [0.2, 0.25) is 0 Å². The molecule has 1 fully saturated rings. The van der Waals surface area contributed by atoms with Crippen LogP contribution >= 0.6 is 0 Å². The van der Waals surface area contributed by atoms with Crippen LogP contribution in [0.5, 0.6) is 0 Å². The fourth-order valence-electron chi connectivity index (χ4n) is 3.64. The minimum atomic E-state index is -1.21. The van der Waals surface area contributed by atoms with Gasteiger partial charge in [-0.05, 0) is 10.9 Å². The maximum absolute atomic E-state index is 11.0. The first-order chi connectivity index (χ1) is 14.9. The number of aliphatic hydroxyl groups is 2. The van der Waals surface area contributed by atoms with Crippen molar-refractivity contribution in [2.24, 2.45) is 0 Å². The number of carboxylic acid groups (broad SMARTS) is 1. The van der Waals surface area contributed by atoms with Crippen LogP contribution in [0.15, 0.2) is 43.0 Å². The number of carboxylic acids is 1. The van der Waals surface area contributed by atoms with Gasteiger partial charge in [0.25, 0.3) is 0 Å². The van der Waals surface area contributed by atoms with Crippen LogP contribution in [0.1, 0.15) is 18.2 Å². The minimum Gasteiger partial charge on any atom is -0.550 e. The number of anilines is 1. The number of aromatic nitrogens is 4. The Morgan fingerprint density at radius 2 is 1.97 bits per heavy atom. The smallest absolute Gasteiger partial charge is 0.167 e. The molecule has 0 bridgehead atoms. The third kappa shape index (κ3) is 4.64. The van der Waals surface area contributed by atoms with Crippen molar-refractivity contribution in [3.05, 3.63) is 48.5 Å². The van der Waals surface area contributed by atoms with Gasteiger partial charge in [0.2, 0.25) is 0 Å². The number of aliphatic carboxylic acids is 1. The standard InChI is InChI=1S/C20H23N5O5S/c21-18-15-19(23-10-22-18)25(11-24-15)20-17(29)16(28)13(30-20)9-31(7-6-14(26)27)8-12-4-2-1-3-5-12/h1-5,10-11,13,16-17,20,28-29H,6-9H2,(H2-,21,22,23,26,27)/t13-,16+,17?,20-,31?/m1/s1. The molecular formula is C20H23N5O5S. The average molecular weight is 446 g/mol. The molecule has 3 aromatic rings. The summed E-state index contributed by atoms with van der Waals surface area (Å²) in [6.45, 7) is 0. The summed E-state index contributed by atoms with van der Waals surface area (Å²) in [6.07, 6.45) is -1.26. The molecule has 1 aliphatic rings. The topological polar surface area (TPSA) is 159 Å². The van der Waals surface area contributed by atoms with E-state index in [-0.39, 0.29) is 12.2 Å². The van der Waals surface area contributed by atoms with Crippen LogP contribution < -0.4 is 10.8 Å². The third-order valence-corrected chi connectivity index (χ3v) is 7.53. The number of carbonyl (C=O) groups is 1. The summed E-state index contributed by atoms with van der Waals surface area (Å²) in [5.41, 5.74) is 7.67. The van der Waals surface area contributed by atoms with Crippen molar-refractivity contribution >= 4 is 33.8 Å². The number of rotatable bonds is 8. The van der Waals surface area contributed by atoms with Crippen LogP contribution in [0, 0.1) is 0 Å². The maximum Gasteiger partial charge on any atom is 0.167 e. The Hall–Kier alpha value is -2.73. The molecule has 1 aliphatic heterocycles. The van der Waals surface area contributed by atoms with Crippen molar-refractivity contribution in [1.82, 2.24) is 19.5 Å². The second-order valence-corrected chi connectivity index (χ2v) is 9.62. The molecule has 0 radical (unpaired) electrons. The summed E-state index contributed by atoms with van der Waals surface area (Å²) < 4.78 is 7.54. The molecule has 31 heavy (non-hydrogen) atoms. The van der Waals surface area contributed by atoms with E-state index in [1.165, 1.54) is 17.2 Å². The van der Waals surface area contributed by atoms with Gasteiger partial charge in [0.1, 0.15) is 47.4 Å². The van der Waals surface area contributed by atoms with Gasteiger partial charge in [-0.25, -0.2) is 15.0 Å². The number of nitrogens with two attached hydrogens (primary N) is 1. The first-order valence-electron chi connectivity index (χ1n) is 9.76. The number of hydrogen-bond donors (Lipinski definition) is 3. The molecule has 2 aromatic heterocycles. The Bertz CT molecular complexity index is 1050. The Labute approximate surface area is 181 Å². The van der Waals surface area contributed by atoms with Crippen LogP contribution in [-0.2, 0) is 26.2 Å². The molecule has 0 spiro atoms. The molecule has 4 N–H and O–H groups in total. The zero-order valence-electron chi connectivity index (χ0n) is 16.6. The molecule has 1 aromatic carbocycles. The number of hydrogen-bond acceptors (Lipinski definition) is 9. The third-order valence-electron chi connectivity index (χ3n) is 5.21. The molecule has 0 saturated carbocycles. The van der Waals surface area contributed by atoms with Crippen molar-refractivity contribution in [2.75, 3.05) is 17.2 Å². The molecule has 2 unspecified atom stereocenters. The molecule has 164 valence electrons. The second-order valence-electron chi connectivity index (χ2n) is 7.36. The van der Waals surface area contributed by atoms with Gasteiger partial charge in [-0.2, -0.15) is 0 Å². The lowest BCUT2D eigenvalue weighted by molar-refractivity contribution is -0.305. The number of aliphatic hydroxyl groups excluding tert-OH is 2. The molecule has 0 aliphatic carbocycles. The Morgan fingerprint density at radius 1 is 1.19 bits per heavy atom. The number of nitrogens with zero attached hydrogens (tertiary/aromatic N) is 4. The van der Waals surface area contributed by atoms with E-state index < -0.39 is 41.4 Å². The van der Waals surface area contributed by atoms with Gasteiger partial charge in [0, 0.05) is 18.0 Å². The predicted octanol–water partition coefficient (Wildman–Crippen LogP) is -1.01. The molecule has 5 atom stereocenters. The highest BCUT2D eigenvalue weighted by Crippen LogP contribution is 2.33. The Morgan fingerprint density at radius 3 is 2.71 bits per heavy atom. The highest BCUT2D eigenvalue weighted by atomic mass is 32.2. The molecule has 0 amide bonds. The second kappa shape index (κ2) is 9.18. The lowest BCUT2D eigenvalue weighted by Gasteiger charge is -2.17. The van der Waals surface area contributed by atoms with E-state index in [0.29, 0.717) is 28.4 Å². The van der Waals surface area contributed by atoms with Gasteiger partial charge in [-0.3, -0.25) is 4.57 Å². The number of fused-ring (bicyclic) bond motifs is 1. The highest BCUT2D eigenvalue weighted by molar-refractivity contribution is 7.96. The first kappa shape index (κ1) is 21.5. The quantitative estimate of drug-likeness (QED) is 0.369. The summed E-state index contributed by atoms with van der Waals surface area (Å²) in [5.74, 6) is 0.556. The van der Waals surface area contributed by atoms with Gasteiger partial charge in [0.05, 0.1) is 6.33 Å². The zero-order chi connectivity index (χ0) is 22.0. The molecule has 4 rings (SSSR count). The molecule has 1 saturated heterocycles. The first-order valence-corrected chi connectivity index (χ1v) is 11.5. The van der Waals surface area contributed by atoms with Crippen molar-refractivity contribution in [3.63, 3.8) is 0 Å². The lowest BCUT2D eigenvalue weighted by atomic mass is 10.1. The van der Waals surface area contributed by atoms with Crippen molar-refractivity contribution in [1.29, 1.82) is 0 Å². The van der Waals surface area contributed by atoms with E-state index in [2.05, 4.69) is 15.0 Å². The van der Waals surface area contributed by atoms with E-state index in [0.717, 1.165) is 5.56 Å². The molecule has 3 heterocycles. The Balaban J connectivity index is 1.52. The van der Waals surface area contributed by atoms with Crippen molar-refractivity contribution < 1.29 is 24.9 Å². The number of imidazole rings is 1. The SMILES string of the molecule is Nc1ncnc2c1ncn2[C@@H]1O[C@H](C[S+](CCC(=O)[O-])Cc2ccccc2)[C@H](O)C1O. The maximum atomic E-state index is 11.0. The average Bonchev–Trinajstić information content (AvgIpc) is 3.30. The predicted molar refractivity (Wildman–Crippen MR) is 113 cm³/mol. The van der Waals surface area contributed by atoms with Crippen molar-refractivity contribution in [2.45, 2.75) is 36.7 Å². The van der Waals surface area contributed by atoms with Crippen LogP contribution in [0.4, 0.5) is 5.82 Å². The summed E-state index contributed by atoms with van der Waals surface area (Å²) in [7, 11) is -0.401. The van der Waals surface area contributed by atoms with Crippen LogP contribution in [0.25, 0.3) is 11.2 Å². The summed E-state index contributed by atoms with van der Waals surface area (Å²) in [6, 6.07) is 9.72. The number of benzene rings is 1. The molecule has 11 heteroatoms. The fraction of sp³-hybridized carbons (Fsp3) is 0.400. The van der Waals surface area contributed by atoms with Gasteiger partial charge in [-0.15, -0.1) is 0 Å².